The summed E-state index contributed by atoms with van der Waals surface area (Å²) in [6.07, 6.45) is 0. The molecule has 150 valence electrons. The third-order valence-electron chi connectivity index (χ3n) is 5.11. The Morgan fingerprint density at radius 2 is 1.03 bits per heavy atom. The third kappa shape index (κ3) is 4.11. The molecule has 0 aromatic heterocycles. The second-order valence-electron chi connectivity index (χ2n) is 7.21. The topological polar surface area (TPSA) is 9.23 Å². The van der Waals surface area contributed by atoms with Crippen molar-refractivity contribution in [3.63, 3.8) is 0 Å². The standard InChI is InChI=1S/C27H22F2O/c1-3-30-23-12-8-20(9-13-23)25-15-11-22(17-27(25)29)21-10-14-24(26(28)16-21)19-6-4-18(2)5-7-19/h4-17H,3H2,1-2H3. The Labute approximate surface area is 175 Å². The molecule has 0 bridgehead atoms. The maximum atomic E-state index is 14.8. The van der Waals surface area contributed by atoms with E-state index in [0.29, 0.717) is 28.9 Å². The molecule has 1 nitrogen and oxygen atoms in total. The van der Waals surface area contributed by atoms with E-state index in [9.17, 15) is 8.78 Å². The van der Waals surface area contributed by atoms with E-state index in [0.717, 1.165) is 22.4 Å². The minimum Gasteiger partial charge on any atom is -0.494 e. The van der Waals surface area contributed by atoms with E-state index in [4.69, 9.17) is 4.74 Å². The SMILES string of the molecule is CCOc1ccc(-c2ccc(-c3ccc(-c4ccc(C)cc4)c(F)c3)cc2F)cc1. The zero-order chi connectivity index (χ0) is 21.1. The average molecular weight is 400 g/mol. The van der Waals surface area contributed by atoms with Crippen molar-refractivity contribution in [1.29, 1.82) is 0 Å². The molecule has 0 radical (unpaired) electrons. The van der Waals surface area contributed by atoms with Gasteiger partial charge in [0.05, 0.1) is 6.61 Å². The van der Waals surface area contributed by atoms with Crippen molar-refractivity contribution in [3.05, 3.63) is 102 Å². The van der Waals surface area contributed by atoms with Gasteiger partial charge in [0.2, 0.25) is 0 Å². The summed E-state index contributed by atoms with van der Waals surface area (Å²) in [7, 11) is 0. The van der Waals surface area contributed by atoms with Gasteiger partial charge in [0.15, 0.2) is 0 Å². The van der Waals surface area contributed by atoms with Crippen LogP contribution in [0, 0.1) is 18.6 Å². The average Bonchev–Trinajstić information content (AvgIpc) is 2.75. The van der Waals surface area contributed by atoms with Gasteiger partial charge in [0.1, 0.15) is 17.4 Å². The zero-order valence-corrected chi connectivity index (χ0v) is 17.0. The molecule has 4 aromatic rings. The maximum absolute atomic E-state index is 14.8. The Bertz CT molecular complexity index is 1160. The molecule has 0 saturated carbocycles. The second kappa shape index (κ2) is 8.50. The normalized spacial score (nSPS) is 10.8. The molecule has 0 aliphatic carbocycles. The fourth-order valence-corrected chi connectivity index (χ4v) is 3.49. The quantitative estimate of drug-likeness (QED) is 0.334. The maximum Gasteiger partial charge on any atom is 0.131 e. The van der Waals surface area contributed by atoms with E-state index in [1.807, 2.05) is 74.5 Å². The number of ether oxygens (including phenoxy) is 1. The fraction of sp³-hybridized carbons (Fsp3) is 0.111. The van der Waals surface area contributed by atoms with Crippen molar-refractivity contribution in [3.8, 4) is 39.1 Å². The van der Waals surface area contributed by atoms with Crippen LogP contribution in [-0.2, 0) is 0 Å². The van der Waals surface area contributed by atoms with Crippen LogP contribution in [0.4, 0.5) is 8.78 Å². The lowest BCUT2D eigenvalue weighted by molar-refractivity contribution is 0.340. The Morgan fingerprint density at radius 3 is 1.47 bits per heavy atom. The number of hydrogen-bond acceptors (Lipinski definition) is 1. The second-order valence-corrected chi connectivity index (χ2v) is 7.21. The van der Waals surface area contributed by atoms with Gasteiger partial charge >= 0.3 is 0 Å². The molecule has 0 saturated heterocycles. The van der Waals surface area contributed by atoms with Crippen LogP contribution in [0.5, 0.6) is 5.75 Å². The van der Waals surface area contributed by atoms with E-state index in [-0.39, 0.29) is 11.6 Å². The lowest BCUT2D eigenvalue weighted by atomic mass is 9.97. The molecule has 0 unspecified atom stereocenters. The van der Waals surface area contributed by atoms with Crippen LogP contribution < -0.4 is 4.74 Å². The highest BCUT2D eigenvalue weighted by atomic mass is 19.1. The van der Waals surface area contributed by atoms with E-state index < -0.39 is 0 Å². The van der Waals surface area contributed by atoms with Crippen molar-refractivity contribution in [2.75, 3.05) is 6.61 Å². The van der Waals surface area contributed by atoms with Crippen LogP contribution in [0.15, 0.2) is 84.9 Å². The fourth-order valence-electron chi connectivity index (χ4n) is 3.49. The van der Waals surface area contributed by atoms with Gasteiger partial charge in [0.25, 0.3) is 0 Å². The highest BCUT2D eigenvalue weighted by Crippen LogP contribution is 2.32. The van der Waals surface area contributed by atoms with Crippen molar-refractivity contribution in [2.24, 2.45) is 0 Å². The van der Waals surface area contributed by atoms with Gasteiger partial charge in [-0.25, -0.2) is 8.78 Å². The van der Waals surface area contributed by atoms with Crippen molar-refractivity contribution < 1.29 is 13.5 Å². The Morgan fingerprint density at radius 1 is 0.600 bits per heavy atom. The van der Waals surface area contributed by atoms with E-state index in [1.165, 1.54) is 12.1 Å². The molecule has 0 fully saturated rings. The number of halogens is 2. The van der Waals surface area contributed by atoms with Gasteiger partial charge < -0.3 is 4.74 Å². The summed E-state index contributed by atoms with van der Waals surface area (Å²) in [6.45, 7) is 4.50. The molecular formula is C27H22F2O. The predicted molar refractivity (Wildman–Crippen MR) is 119 cm³/mol. The summed E-state index contributed by atoms with van der Waals surface area (Å²) >= 11 is 0. The van der Waals surface area contributed by atoms with E-state index in [2.05, 4.69) is 0 Å². The predicted octanol–water partition coefficient (Wildman–Crippen LogP) is 7.67. The van der Waals surface area contributed by atoms with Crippen LogP contribution in [0.1, 0.15) is 12.5 Å². The Balaban J connectivity index is 1.62. The van der Waals surface area contributed by atoms with Gasteiger partial charge in [-0.15, -0.1) is 0 Å². The van der Waals surface area contributed by atoms with Crippen LogP contribution in [-0.4, -0.2) is 6.61 Å². The third-order valence-corrected chi connectivity index (χ3v) is 5.11. The molecule has 4 aromatic carbocycles. The first kappa shape index (κ1) is 19.8. The van der Waals surface area contributed by atoms with Crippen molar-refractivity contribution in [1.82, 2.24) is 0 Å². The zero-order valence-electron chi connectivity index (χ0n) is 17.0. The number of aryl methyl sites for hydroxylation is 1. The monoisotopic (exact) mass is 400 g/mol. The molecule has 0 heterocycles. The highest BCUT2D eigenvalue weighted by molar-refractivity contribution is 5.74. The van der Waals surface area contributed by atoms with Crippen LogP contribution in [0.25, 0.3) is 33.4 Å². The van der Waals surface area contributed by atoms with Gasteiger partial charge in [-0.1, -0.05) is 66.2 Å². The van der Waals surface area contributed by atoms with Gasteiger partial charge in [0, 0.05) is 11.1 Å². The summed E-state index contributed by atoms with van der Waals surface area (Å²) in [4.78, 5) is 0. The van der Waals surface area contributed by atoms with E-state index >= 15 is 0 Å². The number of benzene rings is 4. The molecule has 0 atom stereocenters. The Kier molecular flexibility index (Phi) is 5.62. The molecule has 0 aliphatic heterocycles. The molecule has 0 aliphatic rings. The van der Waals surface area contributed by atoms with Crippen LogP contribution in [0.2, 0.25) is 0 Å². The van der Waals surface area contributed by atoms with Crippen molar-refractivity contribution in [2.45, 2.75) is 13.8 Å². The van der Waals surface area contributed by atoms with Gasteiger partial charge in [-0.3, -0.25) is 0 Å². The van der Waals surface area contributed by atoms with Crippen LogP contribution in [0.3, 0.4) is 0 Å². The highest BCUT2D eigenvalue weighted by Gasteiger charge is 2.11. The van der Waals surface area contributed by atoms with Gasteiger partial charge in [-0.2, -0.15) is 0 Å². The first-order valence-electron chi connectivity index (χ1n) is 9.95. The smallest absolute Gasteiger partial charge is 0.131 e. The first-order chi connectivity index (χ1) is 14.5. The first-order valence-corrected chi connectivity index (χ1v) is 9.95. The molecule has 4 rings (SSSR count). The molecule has 0 N–H and O–H groups in total. The molecule has 0 spiro atoms. The Hall–Kier alpha value is -3.46. The summed E-state index contributed by atoms with van der Waals surface area (Å²) < 4.78 is 35.0. The largest absolute Gasteiger partial charge is 0.494 e. The number of rotatable bonds is 5. The summed E-state index contributed by atoms with van der Waals surface area (Å²) in [5, 5.41) is 0. The van der Waals surface area contributed by atoms with E-state index in [1.54, 1.807) is 12.1 Å². The summed E-state index contributed by atoms with van der Waals surface area (Å²) in [5.41, 5.74) is 5.02. The molecule has 30 heavy (non-hydrogen) atoms. The molecule has 0 amide bonds. The van der Waals surface area contributed by atoms with Crippen LogP contribution >= 0.6 is 0 Å². The lowest BCUT2D eigenvalue weighted by Crippen LogP contribution is -1.92. The molecule has 3 heteroatoms. The summed E-state index contributed by atoms with van der Waals surface area (Å²) in [5.74, 6) is 0.0782. The molecular weight excluding hydrogens is 378 g/mol. The number of hydrogen-bond donors (Lipinski definition) is 0. The van der Waals surface area contributed by atoms with Gasteiger partial charge in [-0.05, 0) is 60.4 Å². The van der Waals surface area contributed by atoms with Crippen molar-refractivity contribution >= 4 is 0 Å². The minimum absolute atomic E-state index is 0.327. The minimum atomic E-state index is -0.348. The lowest BCUT2D eigenvalue weighted by Gasteiger charge is -2.10. The summed E-state index contributed by atoms with van der Waals surface area (Å²) in [6, 6.07) is 25.0.